The van der Waals surface area contributed by atoms with E-state index in [-0.39, 0.29) is 5.82 Å². The first kappa shape index (κ1) is 21.9. The van der Waals surface area contributed by atoms with Gasteiger partial charge in [-0.2, -0.15) is 0 Å². The molecule has 0 bridgehead atoms. The van der Waals surface area contributed by atoms with Gasteiger partial charge in [-0.1, -0.05) is 53.4 Å². The summed E-state index contributed by atoms with van der Waals surface area (Å²) in [6.07, 6.45) is 0. The van der Waals surface area contributed by atoms with Gasteiger partial charge in [-0.25, -0.2) is 4.39 Å². The molecule has 0 amide bonds. The maximum Gasteiger partial charge on any atom is 0.258 e. The molecular weight excluding hydrogens is 357 g/mol. The molecule has 2 rings (SSSR count). The van der Waals surface area contributed by atoms with Crippen molar-refractivity contribution in [1.29, 1.82) is 0 Å². The summed E-state index contributed by atoms with van der Waals surface area (Å²) in [7, 11) is -2.16. The summed E-state index contributed by atoms with van der Waals surface area (Å²) in [5, 5.41) is 0. The van der Waals surface area contributed by atoms with Crippen LogP contribution < -0.4 is 4.43 Å². The van der Waals surface area contributed by atoms with E-state index in [0.29, 0.717) is 34.5 Å². The predicted octanol–water partition coefficient (Wildman–Crippen LogP) is 5.06. The minimum atomic E-state index is -2.16. The van der Waals surface area contributed by atoms with Crippen LogP contribution in [-0.4, -0.2) is 46.1 Å². The van der Waals surface area contributed by atoms with Crippen LogP contribution in [0, 0.1) is 17.7 Å². The van der Waals surface area contributed by atoms with E-state index in [1.165, 1.54) is 6.07 Å². The number of hydrogen-bond acceptors (Lipinski definition) is 3. The molecule has 150 valence electrons. The van der Waals surface area contributed by atoms with Gasteiger partial charge in [0.05, 0.1) is 19.8 Å². The van der Waals surface area contributed by atoms with Crippen LogP contribution in [0.2, 0.25) is 16.6 Å². The molecule has 3 nitrogen and oxygen atoms in total. The fraction of sp³-hybridized carbons (Fsp3) is 0.636. The van der Waals surface area contributed by atoms with Crippen molar-refractivity contribution in [3.63, 3.8) is 0 Å². The Morgan fingerprint density at radius 1 is 1.07 bits per heavy atom. The summed E-state index contributed by atoms with van der Waals surface area (Å²) in [5.41, 5.74) is 1.92. The van der Waals surface area contributed by atoms with E-state index in [1.54, 1.807) is 6.07 Å². The first-order chi connectivity index (χ1) is 12.8. The van der Waals surface area contributed by atoms with Gasteiger partial charge in [0.25, 0.3) is 8.32 Å². The second-order valence-electron chi connectivity index (χ2n) is 8.26. The molecule has 1 saturated heterocycles. The van der Waals surface area contributed by atoms with Crippen LogP contribution in [0.15, 0.2) is 18.2 Å². The van der Waals surface area contributed by atoms with Crippen molar-refractivity contribution in [3.05, 3.63) is 29.6 Å². The number of hydrogen-bond donors (Lipinski definition) is 0. The highest BCUT2D eigenvalue weighted by Gasteiger charge is 2.47. The van der Waals surface area contributed by atoms with Crippen molar-refractivity contribution in [3.8, 4) is 17.6 Å². The molecule has 5 heteroatoms. The fourth-order valence-electron chi connectivity index (χ4n) is 4.22. The van der Waals surface area contributed by atoms with E-state index in [1.807, 2.05) is 6.07 Å². The standard InChI is InChI=1S/C22H34FNO2Si/c1-17(2)27(18(3)4,19(5)6)26-22-10-9-20(16-21(22)23)8-7-11-24-12-14-25-15-13-24/h9-10,16-19H,11-15H2,1-6H3. The van der Waals surface area contributed by atoms with Crippen LogP contribution in [0.25, 0.3) is 0 Å². The minimum absolute atomic E-state index is 0.313. The van der Waals surface area contributed by atoms with Crippen molar-refractivity contribution in [1.82, 2.24) is 4.90 Å². The van der Waals surface area contributed by atoms with Crippen molar-refractivity contribution in [2.45, 2.75) is 58.2 Å². The number of ether oxygens (including phenoxy) is 1. The normalized spacial score (nSPS) is 15.9. The van der Waals surface area contributed by atoms with E-state index in [9.17, 15) is 4.39 Å². The molecule has 1 aromatic carbocycles. The number of halogens is 1. The van der Waals surface area contributed by atoms with Crippen LogP contribution in [0.5, 0.6) is 5.75 Å². The summed E-state index contributed by atoms with van der Waals surface area (Å²) in [5.74, 6) is 6.28. The van der Waals surface area contributed by atoms with Crippen LogP contribution in [0.3, 0.4) is 0 Å². The Morgan fingerprint density at radius 3 is 2.19 bits per heavy atom. The van der Waals surface area contributed by atoms with Crippen molar-refractivity contribution >= 4 is 8.32 Å². The molecule has 0 saturated carbocycles. The highest BCUT2D eigenvalue weighted by atomic mass is 28.4. The molecule has 0 aromatic heterocycles. The average molecular weight is 392 g/mol. The average Bonchev–Trinajstić information content (AvgIpc) is 2.61. The van der Waals surface area contributed by atoms with E-state index in [2.05, 4.69) is 58.3 Å². The Morgan fingerprint density at radius 2 is 1.67 bits per heavy atom. The van der Waals surface area contributed by atoms with Gasteiger partial charge in [-0.05, 0) is 34.8 Å². The van der Waals surface area contributed by atoms with Gasteiger partial charge in [-0.15, -0.1) is 0 Å². The van der Waals surface area contributed by atoms with Crippen molar-refractivity contribution < 1.29 is 13.6 Å². The van der Waals surface area contributed by atoms with Gasteiger partial charge in [-0.3, -0.25) is 4.90 Å². The second kappa shape index (κ2) is 9.72. The van der Waals surface area contributed by atoms with Gasteiger partial charge in [0.2, 0.25) is 0 Å². The number of rotatable bonds is 6. The van der Waals surface area contributed by atoms with Gasteiger partial charge >= 0.3 is 0 Å². The smallest absolute Gasteiger partial charge is 0.258 e. The lowest BCUT2D eigenvalue weighted by Crippen LogP contribution is -2.50. The molecule has 27 heavy (non-hydrogen) atoms. The van der Waals surface area contributed by atoms with E-state index in [0.717, 1.165) is 26.3 Å². The Bertz CT molecular complexity index is 651. The molecule has 0 unspecified atom stereocenters. The first-order valence-corrected chi connectivity index (χ1v) is 12.2. The summed E-state index contributed by atoms with van der Waals surface area (Å²) >= 11 is 0. The van der Waals surface area contributed by atoms with Crippen LogP contribution in [0.4, 0.5) is 4.39 Å². The molecule has 1 heterocycles. The zero-order chi connectivity index (χ0) is 20.0. The summed E-state index contributed by atoms with van der Waals surface area (Å²) in [6.45, 7) is 17.2. The molecule has 0 aliphatic carbocycles. The lowest BCUT2D eigenvalue weighted by Gasteiger charge is -2.42. The van der Waals surface area contributed by atoms with Gasteiger partial charge in [0, 0.05) is 18.7 Å². The van der Waals surface area contributed by atoms with Crippen molar-refractivity contribution in [2.75, 3.05) is 32.8 Å². The SMILES string of the molecule is CC(C)[Si](Oc1ccc(C#CCN2CCOCC2)cc1F)(C(C)C)C(C)C. The Labute approximate surface area is 165 Å². The molecular formula is C22H34FNO2Si. The molecule has 1 fully saturated rings. The maximum absolute atomic E-state index is 14.8. The number of nitrogens with zero attached hydrogens (tertiary/aromatic N) is 1. The molecule has 0 radical (unpaired) electrons. The topological polar surface area (TPSA) is 21.7 Å². The molecule has 1 aliphatic heterocycles. The summed E-state index contributed by atoms with van der Waals surface area (Å²) in [4.78, 5) is 2.25. The monoisotopic (exact) mass is 391 g/mol. The summed E-state index contributed by atoms with van der Waals surface area (Å²) < 4.78 is 26.6. The zero-order valence-corrected chi connectivity index (χ0v) is 18.6. The van der Waals surface area contributed by atoms with E-state index in [4.69, 9.17) is 9.16 Å². The second-order valence-corrected chi connectivity index (χ2v) is 13.6. The first-order valence-electron chi connectivity index (χ1n) is 10.0. The quantitative estimate of drug-likeness (QED) is 0.499. The zero-order valence-electron chi connectivity index (χ0n) is 17.6. The highest BCUT2D eigenvalue weighted by molar-refractivity contribution is 6.78. The minimum Gasteiger partial charge on any atom is -0.541 e. The van der Waals surface area contributed by atoms with E-state index < -0.39 is 8.32 Å². The Kier molecular flexibility index (Phi) is 7.90. The van der Waals surface area contributed by atoms with Crippen molar-refractivity contribution in [2.24, 2.45) is 0 Å². The highest BCUT2D eigenvalue weighted by Crippen LogP contribution is 2.43. The maximum atomic E-state index is 14.8. The van der Waals surface area contributed by atoms with Crippen LogP contribution in [0.1, 0.15) is 47.1 Å². The third-order valence-corrected chi connectivity index (χ3v) is 11.6. The lowest BCUT2D eigenvalue weighted by atomic mass is 10.2. The van der Waals surface area contributed by atoms with Crippen LogP contribution in [-0.2, 0) is 4.74 Å². The third-order valence-electron chi connectivity index (χ3n) is 5.56. The van der Waals surface area contributed by atoms with E-state index >= 15 is 0 Å². The Balaban J connectivity index is 2.13. The third kappa shape index (κ3) is 5.34. The van der Waals surface area contributed by atoms with Crippen LogP contribution >= 0.6 is 0 Å². The molecule has 1 aliphatic rings. The number of morpholine rings is 1. The van der Waals surface area contributed by atoms with Gasteiger partial charge < -0.3 is 9.16 Å². The van der Waals surface area contributed by atoms with Gasteiger partial charge in [0.15, 0.2) is 5.82 Å². The molecule has 0 spiro atoms. The largest absolute Gasteiger partial charge is 0.541 e. The molecule has 0 N–H and O–H groups in total. The predicted molar refractivity (Wildman–Crippen MR) is 112 cm³/mol. The molecule has 1 aromatic rings. The lowest BCUT2D eigenvalue weighted by molar-refractivity contribution is 0.0443. The van der Waals surface area contributed by atoms with Gasteiger partial charge in [0.1, 0.15) is 5.75 Å². The summed E-state index contributed by atoms with van der Waals surface area (Å²) in [6, 6.07) is 5.12. The Hall–Kier alpha value is -1.35. The number of benzene rings is 1. The molecule has 0 atom stereocenters. The fourth-order valence-corrected chi connectivity index (χ4v) is 9.47.